The van der Waals surface area contributed by atoms with Gasteiger partial charge in [0.15, 0.2) is 0 Å². The monoisotopic (exact) mass is 403 g/mol. The van der Waals surface area contributed by atoms with Crippen LogP contribution >= 0.6 is 0 Å². The number of carbonyl (C=O) groups is 1. The summed E-state index contributed by atoms with van der Waals surface area (Å²) in [5, 5.41) is 2.95. The summed E-state index contributed by atoms with van der Waals surface area (Å²) in [4.78, 5) is 14.7. The van der Waals surface area contributed by atoms with Crippen molar-refractivity contribution in [2.24, 2.45) is 0 Å². The molecule has 0 bridgehead atoms. The number of hydrogen-bond acceptors (Lipinski definition) is 4. The molecule has 1 amide bonds. The van der Waals surface area contributed by atoms with Crippen molar-refractivity contribution in [2.75, 3.05) is 18.5 Å². The zero-order valence-corrected chi connectivity index (χ0v) is 17.7. The molecule has 2 aromatic carbocycles. The number of anilines is 1. The molecule has 0 aromatic heterocycles. The van der Waals surface area contributed by atoms with Crippen LogP contribution < -0.4 is 14.9 Å². The number of benzene rings is 2. The van der Waals surface area contributed by atoms with Crippen LogP contribution in [0.2, 0.25) is 0 Å². The van der Waals surface area contributed by atoms with Crippen molar-refractivity contribution in [3.8, 4) is 0 Å². The molecule has 2 rings (SSSR count). The third-order valence-corrected chi connectivity index (χ3v) is 6.12. The molecule has 2 atom stereocenters. The van der Waals surface area contributed by atoms with E-state index in [1.54, 1.807) is 0 Å². The van der Waals surface area contributed by atoms with Gasteiger partial charge in [0, 0.05) is 36.9 Å². The molecule has 7 heteroatoms. The summed E-state index contributed by atoms with van der Waals surface area (Å²) in [6.07, 6.45) is 0.703. The molecule has 28 heavy (non-hydrogen) atoms. The zero-order valence-electron chi connectivity index (χ0n) is 16.8. The van der Waals surface area contributed by atoms with Gasteiger partial charge in [0.05, 0.1) is 4.90 Å². The van der Waals surface area contributed by atoms with Gasteiger partial charge in [0.25, 0.3) is 5.91 Å². The van der Waals surface area contributed by atoms with E-state index in [0.29, 0.717) is 18.5 Å². The number of rotatable bonds is 9. The summed E-state index contributed by atoms with van der Waals surface area (Å²) >= 11 is 0. The van der Waals surface area contributed by atoms with Crippen molar-refractivity contribution in [3.05, 3.63) is 60.2 Å². The molecule has 0 heterocycles. The molecule has 0 saturated heterocycles. The Labute approximate surface area is 168 Å². The molecular weight excluding hydrogens is 374 g/mol. The molecule has 2 N–H and O–H groups in total. The van der Waals surface area contributed by atoms with Crippen molar-refractivity contribution < 1.29 is 13.2 Å². The Morgan fingerprint density at radius 2 is 1.61 bits per heavy atom. The minimum Gasteiger partial charge on any atom is -0.373 e. The summed E-state index contributed by atoms with van der Waals surface area (Å²) in [7, 11) is -1.60. The van der Waals surface area contributed by atoms with E-state index in [1.807, 2.05) is 58.2 Å². The van der Waals surface area contributed by atoms with E-state index in [4.69, 9.17) is 0 Å². The number of hydrogen-bond donors (Lipinski definition) is 2. The largest absolute Gasteiger partial charge is 0.373 e. The van der Waals surface area contributed by atoms with Gasteiger partial charge in [0.2, 0.25) is 10.0 Å². The first-order valence-electron chi connectivity index (χ1n) is 9.42. The van der Waals surface area contributed by atoms with Crippen LogP contribution in [0.4, 0.5) is 5.69 Å². The molecule has 0 spiro atoms. The maximum absolute atomic E-state index is 12.5. The molecule has 0 aliphatic heterocycles. The molecule has 6 nitrogen and oxygen atoms in total. The van der Waals surface area contributed by atoms with Crippen molar-refractivity contribution >= 4 is 21.6 Å². The Kier molecular flexibility index (Phi) is 7.60. The molecule has 0 unspecified atom stereocenters. The van der Waals surface area contributed by atoms with E-state index in [1.165, 1.54) is 24.3 Å². The van der Waals surface area contributed by atoms with E-state index in [0.717, 1.165) is 5.69 Å². The maximum Gasteiger partial charge on any atom is 0.251 e. The number of carbonyl (C=O) groups excluding carboxylic acids is 1. The van der Waals surface area contributed by atoms with Gasteiger partial charge in [-0.2, -0.15) is 0 Å². The molecule has 0 fully saturated rings. The van der Waals surface area contributed by atoms with Crippen LogP contribution in [0.3, 0.4) is 0 Å². The van der Waals surface area contributed by atoms with Gasteiger partial charge in [-0.3, -0.25) is 4.79 Å². The van der Waals surface area contributed by atoms with Crippen LogP contribution in [0, 0.1) is 0 Å². The lowest BCUT2D eigenvalue weighted by Crippen LogP contribution is -2.40. The lowest BCUT2D eigenvalue weighted by molar-refractivity contribution is 0.0941. The quantitative estimate of drug-likeness (QED) is 0.675. The van der Waals surface area contributed by atoms with Crippen molar-refractivity contribution in [3.63, 3.8) is 0 Å². The second kappa shape index (κ2) is 9.71. The molecule has 0 aliphatic rings. The molecular formula is C21H29N3O3S. The minimum absolute atomic E-state index is 0.0758. The van der Waals surface area contributed by atoms with Gasteiger partial charge in [0.1, 0.15) is 0 Å². The Morgan fingerprint density at radius 3 is 2.18 bits per heavy atom. The Hall–Kier alpha value is -2.38. The highest BCUT2D eigenvalue weighted by Crippen LogP contribution is 2.13. The normalized spacial score (nSPS) is 13.6. The van der Waals surface area contributed by atoms with Crippen molar-refractivity contribution in [1.29, 1.82) is 0 Å². The molecule has 0 saturated carbocycles. The number of amides is 1. The molecule has 2 aromatic rings. The highest BCUT2D eigenvalue weighted by Gasteiger charge is 2.18. The highest BCUT2D eigenvalue weighted by atomic mass is 32.2. The summed E-state index contributed by atoms with van der Waals surface area (Å²) in [6, 6.07) is 15.7. The smallest absolute Gasteiger partial charge is 0.251 e. The van der Waals surface area contributed by atoms with Gasteiger partial charge in [-0.1, -0.05) is 25.1 Å². The summed E-state index contributed by atoms with van der Waals surface area (Å²) in [5.41, 5.74) is 1.50. The topological polar surface area (TPSA) is 78.5 Å². The second-order valence-electron chi connectivity index (χ2n) is 7.05. The van der Waals surface area contributed by atoms with Gasteiger partial charge in [-0.05, 0) is 56.7 Å². The third kappa shape index (κ3) is 6.07. The van der Waals surface area contributed by atoms with E-state index in [9.17, 15) is 13.2 Å². The average molecular weight is 404 g/mol. The lowest BCUT2D eigenvalue weighted by Gasteiger charge is -2.24. The van der Waals surface area contributed by atoms with Gasteiger partial charge < -0.3 is 10.2 Å². The van der Waals surface area contributed by atoms with Crippen molar-refractivity contribution in [2.45, 2.75) is 44.2 Å². The van der Waals surface area contributed by atoms with E-state index in [-0.39, 0.29) is 22.9 Å². The first kappa shape index (κ1) is 21.9. The van der Waals surface area contributed by atoms with E-state index >= 15 is 0 Å². The van der Waals surface area contributed by atoms with Crippen LogP contribution in [-0.4, -0.2) is 40.0 Å². The van der Waals surface area contributed by atoms with E-state index < -0.39 is 10.0 Å². The molecule has 0 radical (unpaired) electrons. The van der Waals surface area contributed by atoms with Gasteiger partial charge in [-0.15, -0.1) is 0 Å². The van der Waals surface area contributed by atoms with Crippen LogP contribution in [0.15, 0.2) is 59.5 Å². The number of likely N-dealkylation sites (N-methyl/N-ethyl adjacent to an activating group) is 1. The maximum atomic E-state index is 12.5. The lowest BCUT2D eigenvalue weighted by atomic mass is 10.2. The fraction of sp³-hybridized carbons (Fsp3) is 0.381. The standard InChI is InChI=1S/C21H29N3O3S/c1-5-16(2)23-28(26,27)20-13-11-18(12-14-20)21(25)22-17(3)15-24(4)19-9-7-6-8-10-19/h6-14,16-17,23H,5,15H2,1-4H3,(H,22,25)/t16-,17-/m0/s1. The van der Waals surface area contributed by atoms with Crippen molar-refractivity contribution in [1.82, 2.24) is 10.0 Å². The predicted octanol–water partition coefficient (Wildman–Crippen LogP) is 3.02. The van der Waals surface area contributed by atoms with Crippen LogP contribution in [0.25, 0.3) is 0 Å². The SMILES string of the molecule is CC[C@H](C)NS(=O)(=O)c1ccc(C(=O)N[C@@H](C)CN(C)c2ccccc2)cc1. The van der Waals surface area contributed by atoms with Crippen LogP contribution in [0.5, 0.6) is 0 Å². The first-order valence-corrected chi connectivity index (χ1v) is 10.9. The third-order valence-electron chi connectivity index (χ3n) is 4.52. The fourth-order valence-corrected chi connectivity index (χ4v) is 4.08. The average Bonchev–Trinajstić information content (AvgIpc) is 2.68. The summed E-state index contributed by atoms with van der Waals surface area (Å²) in [5.74, 6) is -0.229. The number of nitrogens with one attached hydrogen (secondary N) is 2. The minimum atomic E-state index is -3.57. The van der Waals surface area contributed by atoms with Gasteiger partial charge in [-0.25, -0.2) is 13.1 Å². The van der Waals surface area contributed by atoms with Gasteiger partial charge >= 0.3 is 0 Å². The second-order valence-corrected chi connectivity index (χ2v) is 8.76. The summed E-state index contributed by atoms with van der Waals surface area (Å²) < 4.78 is 27.2. The van der Waals surface area contributed by atoms with Crippen LogP contribution in [-0.2, 0) is 10.0 Å². The fourth-order valence-electron chi connectivity index (χ4n) is 2.75. The molecule has 152 valence electrons. The summed E-state index contributed by atoms with van der Waals surface area (Å²) in [6.45, 7) is 6.32. The number of sulfonamides is 1. The predicted molar refractivity (Wildman–Crippen MR) is 113 cm³/mol. The van der Waals surface area contributed by atoms with Crippen LogP contribution in [0.1, 0.15) is 37.6 Å². The molecule has 0 aliphatic carbocycles. The number of para-hydroxylation sites is 1. The Morgan fingerprint density at radius 1 is 1.00 bits per heavy atom. The Bertz CT molecular complexity index is 868. The van der Waals surface area contributed by atoms with E-state index in [2.05, 4.69) is 14.9 Å². The highest BCUT2D eigenvalue weighted by molar-refractivity contribution is 7.89. The number of nitrogens with zero attached hydrogens (tertiary/aromatic N) is 1. The first-order chi connectivity index (χ1) is 13.2. The zero-order chi connectivity index (χ0) is 20.7. The Balaban J connectivity index is 1.97.